The van der Waals surface area contributed by atoms with Gasteiger partial charge < -0.3 is 4.55 Å². The second kappa shape index (κ2) is 5.65. The lowest BCUT2D eigenvalue weighted by Crippen LogP contribution is -2.25. The molecule has 1 aromatic carbocycles. The summed E-state index contributed by atoms with van der Waals surface area (Å²) in [5.74, 6) is 0. The Morgan fingerprint density at radius 3 is 2.84 bits per heavy atom. The van der Waals surface area contributed by atoms with Gasteiger partial charge >= 0.3 is 0 Å². The van der Waals surface area contributed by atoms with Crippen LogP contribution in [0.5, 0.6) is 0 Å². The van der Waals surface area contributed by atoms with Gasteiger partial charge in [0.1, 0.15) is 16.1 Å². The van der Waals surface area contributed by atoms with Crippen molar-refractivity contribution < 1.29 is 4.55 Å². The normalized spacial score (nSPS) is 16.7. The fraction of sp³-hybridized carbons (Fsp3) is 0.429. The molecule has 5 heteroatoms. The van der Waals surface area contributed by atoms with Gasteiger partial charge in [0, 0.05) is 28.9 Å². The fourth-order valence-corrected chi connectivity index (χ4v) is 2.55. The Hall–Kier alpha value is -0.840. The standard InChI is InChI=1S/C14H17ClN2OS/c1-14(2,3)19(18)17-8-11-7-12(15)6-10-4-5-16-9-13(10)11/h6-9H,4-5H2,1-3H3/t19-/m0/s1. The molecule has 1 aliphatic heterocycles. The lowest BCUT2D eigenvalue weighted by atomic mass is 9.98. The zero-order valence-electron chi connectivity index (χ0n) is 11.3. The number of halogens is 1. The van der Waals surface area contributed by atoms with E-state index in [4.69, 9.17) is 11.6 Å². The van der Waals surface area contributed by atoms with Crippen molar-refractivity contribution in [2.24, 2.45) is 9.39 Å². The number of rotatable bonds is 2. The Labute approximate surface area is 122 Å². The number of hydrogen-bond donors (Lipinski definition) is 0. The van der Waals surface area contributed by atoms with Crippen molar-refractivity contribution in [1.82, 2.24) is 0 Å². The van der Waals surface area contributed by atoms with Crippen LogP contribution in [-0.4, -0.2) is 28.3 Å². The summed E-state index contributed by atoms with van der Waals surface area (Å²) in [5.41, 5.74) is 3.08. The average Bonchev–Trinajstić information content (AvgIpc) is 2.34. The number of benzene rings is 1. The molecule has 1 aliphatic rings. The third-order valence-corrected chi connectivity index (χ3v) is 4.37. The molecule has 0 aliphatic carbocycles. The Morgan fingerprint density at radius 1 is 1.42 bits per heavy atom. The first kappa shape index (κ1) is 14.6. The molecule has 0 unspecified atom stereocenters. The predicted molar refractivity (Wildman–Crippen MR) is 83.1 cm³/mol. The summed E-state index contributed by atoms with van der Waals surface area (Å²) in [4.78, 5) is 4.28. The Kier molecular flexibility index (Phi) is 4.33. The maximum Gasteiger partial charge on any atom is 0.144 e. The zero-order valence-corrected chi connectivity index (χ0v) is 12.9. The van der Waals surface area contributed by atoms with Crippen molar-refractivity contribution in [3.8, 4) is 0 Å². The van der Waals surface area contributed by atoms with E-state index in [9.17, 15) is 4.55 Å². The van der Waals surface area contributed by atoms with Gasteiger partial charge in [-0.3, -0.25) is 4.99 Å². The third kappa shape index (κ3) is 3.59. The number of hydrogen-bond acceptors (Lipinski definition) is 3. The van der Waals surface area contributed by atoms with E-state index in [0.717, 1.165) is 24.1 Å². The molecule has 1 atom stereocenters. The van der Waals surface area contributed by atoms with Crippen molar-refractivity contribution in [2.75, 3.05) is 6.54 Å². The summed E-state index contributed by atoms with van der Waals surface area (Å²) < 4.78 is 15.7. The minimum absolute atomic E-state index is 0.358. The van der Waals surface area contributed by atoms with Crippen molar-refractivity contribution in [1.29, 1.82) is 0 Å². The summed E-state index contributed by atoms with van der Waals surface area (Å²) in [6.45, 7) is 6.48. The van der Waals surface area contributed by atoms with Gasteiger partial charge in [0.25, 0.3) is 0 Å². The Bertz CT molecular complexity index is 535. The monoisotopic (exact) mass is 296 g/mol. The van der Waals surface area contributed by atoms with E-state index in [1.807, 2.05) is 39.1 Å². The first-order valence-corrected chi connectivity index (χ1v) is 7.65. The summed E-state index contributed by atoms with van der Waals surface area (Å²) in [5, 5.41) is 0.678. The molecule has 19 heavy (non-hydrogen) atoms. The smallest absolute Gasteiger partial charge is 0.144 e. The van der Waals surface area contributed by atoms with Gasteiger partial charge in [-0.15, -0.1) is 0 Å². The Balaban J connectivity index is 2.34. The van der Waals surface area contributed by atoms with E-state index >= 15 is 0 Å². The van der Waals surface area contributed by atoms with Crippen LogP contribution in [0.3, 0.4) is 0 Å². The van der Waals surface area contributed by atoms with Gasteiger partial charge in [-0.25, -0.2) is 0 Å². The minimum Gasteiger partial charge on any atom is -0.591 e. The van der Waals surface area contributed by atoms with E-state index < -0.39 is 11.4 Å². The minimum atomic E-state index is -1.26. The first-order chi connectivity index (χ1) is 8.88. The predicted octanol–water partition coefficient (Wildman–Crippen LogP) is 3.20. The number of aliphatic imine (C=N–C) groups is 1. The molecule has 102 valence electrons. The van der Waals surface area contributed by atoms with Crippen molar-refractivity contribution in [3.05, 3.63) is 33.8 Å². The summed E-state index contributed by atoms with van der Waals surface area (Å²) in [6, 6.07) is 3.79. The zero-order chi connectivity index (χ0) is 14.0. The molecule has 0 saturated carbocycles. The molecule has 1 aromatic rings. The molecular weight excluding hydrogens is 280 g/mol. The maximum absolute atomic E-state index is 11.9. The highest BCUT2D eigenvalue weighted by Gasteiger charge is 2.26. The third-order valence-electron chi connectivity index (χ3n) is 2.80. The topological polar surface area (TPSA) is 47.8 Å². The molecule has 0 bridgehead atoms. The van der Waals surface area contributed by atoms with Crippen molar-refractivity contribution in [3.63, 3.8) is 0 Å². The van der Waals surface area contributed by atoms with Gasteiger partial charge in [0.2, 0.25) is 0 Å². The summed E-state index contributed by atoms with van der Waals surface area (Å²) >= 11 is 4.84. The second-order valence-corrected chi connectivity index (χ2v) is 7.82. The average molecular weight is 297 g/mol. The highest BCUT2D eigenvalue weighted by molar-refractivity contribution is 7.91. The molecule has 0 saturated heterocycles. The van der Waals surface area contributed by atoms with Crippen LogP contribution in [0.25, 0.3) is 0 Å². The SMILES string of the molecule is CC(C)(C)[S@+]([O-])N=Cc1cc(Cl)cc2c1C=NCC2. The van der Waals surface area contributed by atoms with Gasteiger partial charge in [-0.2, -0.15) is 0 Å². The van der Waals surface area contributed by atoms with Crippen molar-refractivity contribution in [2.45, 2.75) is 31.9 Å². The molecular formula is C14H17ClN2OS. The van der Waals surface area contributed by atoms with Gasteiger partial charge in [-0.05, 0) is 44.9 Å². The largest absolute Gasteiger partial charge is 0.591 e. The van der Waals surface area contributed by atoms with E-state index in [1.165, 1.54) is 5.56 Å². The van der Waals surface area contributed by atoms with Gasteiger partial charge in [-0.1, -0.05) is 16.0 Å². The molecule has 2 rings (SSSR count). The van der Waals surface area contributed by atoms with Crippen LogP contribution >= 0.6 is 11.6 Å². The lowest BCUT2D eigenvalue weighted by Gasteiger charge is -2.18. The molecule has 1 heterocycles. The molecule has 0 spiro atoms. The van der Waals surface area contributed by atoms with Crippen molar-refractivity contribution >= 4 is 35.4 Å². The molecule has 0 radical (unpaired) electrons. The molecule has 0 fully saturated rings. The van der Waals surface area contributed by atoms with Crippen LogP contribution in [0.4, 0.5) is 0 Å². The van der Waals surface area contributed by atoms with E-state index in [2.05, 4.69) is 9.39 Å². The van der Waals surface area contributed by atoms with Crippen LogP contribution in [-0.2, 0) is 17.8 Å². The first-order valence-electron chi connectivity index (χ1n) is 6.16. The second-order valence-electron chi connectivity index (χ2n) is 5.45. The van der Waals surface area contributed by atoms with Crippen LogP contribution < -0.4 is 0 Å². The highest BCUT2D eigenvalue weighted by Crippen LogP contribution is 2.23. The van der Waals surface area contributed by atoms with Gasteiger partial charge in [0.05, 0.1) is 6.21 Å². The number of fused-ring (bicyclic) bond motifs is 1. The Morgan fingerprint density at radius 2 is 2.16 bits per heavy atom. The van der Waals surface area contributed by atoms with Crippen LogP contribution in [0.15, 0.2) is 21.5 Å². The highest BCUT2D eigenvalue weighted by atomic mass is 35.5. The molecule has 3 nitrogen and oxygen atoms in total. The molecule has 0 amide bonds. The molecule has 0 aromatic heterocycles. The van der Waals surface area contributed by atoms with Crippen LogP contribution in [0.1, 0.15) is 37.5 Å². The quantitative estimate of drug-likeness (QED) is 0.611. The summed E-state index contributed by atoms with van der Waals surface area (Å²) in [7, 11) is 0. The fourth-order valence-electron chi connectivity index (χ4n) is 1.77. The van der Waals surface area contributed by atoms with Gasteiger partial charge in [0.15, 0.2) is 0 Å². The summed E-state index contributed by atoms with van der Waals surface area (Å²) in [6.07, 6.45) is 4.37. The maximum atomic E-state index is 11.9. The van der Waals surface area contributed by atoms with E-state index in [1.54, 1.807) is 6.21 Å². The number of nitrogens with zero attached hydrogens (tertiary/aromatic N) is 2. The van der Waals surface area contributed by atoms with Crippen LogP contribution in [0, 0.1) is 0 Å². The van der Waals surface area contributed by atoms with E-state index in [0.29, 0.717) is 5.02 Å². The van der Waals surface area contributed by atoms with E-state index in [-0.39, 0.29) is 4.75 Å². The molecule has 0 N–H and O–H groups in total. The lowest BCUT2D eigenvalue weighted by molar-refractivity contribution is 0.562. The van der Waals surface area contributed by atoms with Crippen LogP contribution in [0.2, 0.25) is 5.02 Å².